The quantitative estimate of drug-likeness (QED) is 0.164. The highest BCUT2D eigenvalue weighted by molar-refractivity contribution is 9.10. The number of benzene rings is 9. The number of rotatable bonds is 5. The molecule has 0 atom stereocenters. The zero-order valence-corrected chi connectivity index (χ0v) is 34.9. The van der Waals surface area contributed by atoms with E-state index in [1.807, 2.05) is 0 Å². The van der Waals surface area contributed by atoms with Crippen molar-refractivity contribution < 1.29 is 0 Å². The first-order valence-corrected chi connectivity index (χ1v) is 21.5. The fourth-order valence-corrected chi connectivity index (χ4v) is 10.4. The Balaban J connectivity index is 1.07. The van der Waals surface area contributed by atoms with Gasteiger partial charge in [-0.2, -0.15) is 0 Å². The van der Waals surface area contributed by atoms with E-state index < -0.39 is 0 Å². The summed E-state index contributed by atoms with van der Waals surface area (Å²) in [5.74, 6) is 0. The number of hydrogen-bond acceptors (Lipinski definition) is 0. The molecule has 2 heterocycles. The molecule has 0 saturated heterocycles. The minimum Gasteiger partial charge on any atom is -0.309 e. The Morgan fingerprint density at radius 2 is 0.933 bits per heavy atom. The molecule has 3 heteroatoms. The van der Waals surface area contributed by atoms with Gasteiger partial charge in [0, 0.05) is 42.8 Å². The predicted molar refractivity (Wildman–Crippen MR) is 257 cm³/mol. The molecule has 0 bridgehead atoms. The molecule has 0 radical (unpaired) electrons. The number of halogens is 1. The third kappa shape index (κ3) is 5.25. The normalized spacial score (nSPS) is 13.1. The lowest BCUT2D eigenvalue weighted by Crippen LogP contribution is -2.14. The van der Waals surface area contributed by atoms with E-state index in [4.69, 9.17) is 0 Å². The van der Waals surface area contributed by atoms with Crippen LogP contribution < -0.4 is 0 Å². The van der Waals surface area contributed by atoms with Gasteiger partial charge in [-0.15, -0.1) is 0 Å². The molecule has 2 aromatic heterocycles. The van der Waals surface area contributed by atoms with Gasteiger partial charge in [-0.05, 0) is 141 Å². The van der Waals surface area contributed by atoms with Gasteiger partial charge < -0.3 is 9.13 Å². The Morgan fingerprint density at radius 3 is 1.75 bits per heavy atom. The van der Waals surface area contributed by atoms with Crippen LogP contribution >= 0.6 is 15.9 Å². The summed E-state index contributed by atoms with van der Waals surface area (Å²) in [6, 6.07) is 74.0. The standard InChI is InChI=1S/C57H39BrN2/c1-57(2)50-19-9-6-15-45(50)48-35-43(28-29-51(48)57)60-52-20-10-7-16-46(52)49-34-37(25-30-54(49)60)39-31-38(36-23-26-41(58)27-24-36)32-40(33-39)44-18-12-22-55-56(44)47-17-8-11-21-53(47)59(55)42-13-4-3-5-14-42/h3-35H,1-2H3. The first-order chi connectivity index (χ1) is 29.4. The fourth-order valence-electron chi connectivity index (χ4n) is 10.2. The summed E-state index contributed by atoms with van der Waals surface area (Å²) in [6.45, 7) is 4.69. The molecule has 12 rings (SSSR count). The van der Waals surface area contributed by atoms with Gasteiger partial charge in [-0.25, -0.2) is 0 Å². The van der Waals surface area contributed by atoms with E-state index in [1.54, 1.807) is 0 Å². The van der Waals surface area contributed by atoms with Crippen molar-refractivity contribution in [1.29, 1.82) is 0 Å². The second-order valence-electron chi connectivity index (χ2n) is 16.7. The summed E-state index contributed by atoms with van der Waals surface area (Å²) in [5, 5.41) is 5.00. The first kappa shape index (κ1) is 35.0. The minimum absolute atomic E-state index is 0.0334. The molecule has 0 saturated carbocycles. The number of nitrogens with zero attached hydrogens (tertiary/aromatic N) is 2. The summed E-state index contributed by atoms with van der Waals surface area (Å²) in [5.41, 5.74) is 19.7. The SMILES string of the molecule is CC1(C)c2ccccc2-c2cc(-n3c4ccccc4c4cc(-c5cc(-c6ccc(Br)cc6)cc(-c6cccc7c6c6ccccc6n7-c6ccccc6)c5)ccc43)ccc21. The second kappa shape index (κ2) is 13.3. The van der Waals surface area contributed by atoms with Crippen LogP contribution in [0, 0.1) is 0 Å². The molecule has 1 aliphatic rings. The number of hydrogen-bond donors (Lipinski definition) is 0. The third-order valence-corrected chi connectivity index (χ3v) is 13.5. The maximum absolute atomic E-state index is 3.68. The summed E-state index contributed by atoms with van der Waals surface area (Å²) in [6.07, 6.45) is 0. The van der Waals surface area contributed by atoms with Gasteiger partial charge in [0.1, 0.15) is 0 Å². The molecule has 0 aliphatic heterocycles. The topological polar surface area (TPSA) is 9.86 Å². The lowest BCUT2D eigenvalue weighted by Gasteiger charge is -2.21. The predicted octanol–water partition coefficient (Wildman–Crippen LogP) is 16.0. The third-order valence-electron chi connectivity index (χ3n) is 13.0. The molecule has 1 aliphatic carbocycles. The van der Waals surface area contributed by atoms with Gasteiger partial charge in [0.15, 0.2) is 0 Å². The van der Waals surface area contributed by atoms with Crippen LogP contribution in [0.25, 0.3) is 99.5 Å². The number of para-hydroxylation sites is 3. The largest absolute Gasteiger partial charge is 0.309 e. The number of fused-ring (bicyclic) bond motifs is 9. The van der Waals surface area contributed by atoms with Crippen molar-refractivity contribution in [3.63, 3.8) is 0 Å². The molecular formula is C57H39BrN2. The van der Waals surface area contributed by atoms with Gasteiger partial charge >= 0.3 is 0 Å². The highest BCUT2D eigenvalue weighted by Gasteiger charge is 2.35. The Kier molecular flexibility index (Phi) is 7.76. The summed E-state index contributed by atoms with van der Waals surface area (Å²) in [4.78, 5) is 0. The zero-order chi connectivity index (χ0) is 40.1. The minimum atomic E-state index is -0.0334. The van der Waals surface area contributed by atoms with Crippen LogP contribution in [0.3, 0.4) is 0 Å². The maximum atomic E-state index is 3.68. The smallest absolute Gasteiger partial charge is 0.0547 e. The van der Waals surface area contributed by atoms with Crippen molar-refractivity contribution in [2.45, 2.75) is 19.3 Å². The molecule has 0 unspecified atom stereocenters. The molecule has 0 fully saturated rings. The Bertz CT molecular complexity index is 3510. The van der Waals surface area contributed by atoms with Crippen LogP contribution in [-0.2, 0) is 5.41 Å². The lowest BCUT2D eigenvalue weighted by atomic mass is 9.82. The Labute approximate surface area is 357 Å². The van der Waals surface area contributed by atoms with Gasteiger partial charge in [0.2, 0.25) is 0 Å². The lowest BCUT2D eigenvalue weighted by molar-refractivity contribution is 0.660. The number of aromatic nitrogens is 2. The highest BCUT2D eigenvalue weighted by Crippen LogP contribution is 2.50. The second-order valence-corrected chi connectivity index (χ2v) is 17.6. The van der Waals surface area contributed by atoms with Crippen LogP contribution in [0.15, 0.2) is 205 Å². The molecule has 0 amide bonds. The van der Waals surface area contributed by atoms with Gasteiger partial charge in [0.25, 0.3) is 0 Å². The van der Waals surface area contributed by atoms with Gasteiger partial charge in [-0.1, -0.05) is 145 Å². The molecule has 9 aromatic carbocycles. The van der Waals surface area contributed by atoms with E-state index in [0.29, 0.717) is 0 Å². The first-order valence-electron chi connectivity index (χ1n) is 20.7. The van der Waals surface area contributed by atoms with E-state index in [-0.39, 0.29) is 5.41 Å². The molecule has 0 N–H and O–H groups in total. The molecule has 284 valence electrons. The average Bonchev–Trinajstić information content (AvgIpc) is 3.89. The summed E-state index contributed by atoms with van der Waals surface area (Å²) in [7, 11) is 0. The van der Waals surface area contributed by atoms with Gasteiger partial charge in [0.05, 0.1) is 22.1 Å². The van der Waals surface area contributed by atoms with E-state index >= 15 is 0 Å². The van der Waals surface area contributed by atoms with E-state index in [2.05, 4.69) is 239 Å². The summed E-state index contributed by atoms with van der Waals surface area (Å²) < 4.78 is 5.92. The average molecular weight is 832 g/mol. The fraction of sp³-hybridized carbons (Fsp3) is 0.0526. The van der Waals surface area contributed by atoms with Crippen molar-refractivity contribution in [2.75, 3.05) is 0 Å². The Morgan fingerprint density at radius 1 is 0.350 bits per heavy atom. The van der Waals surface area contributed by atoms with Crippen molar-refractivity contribution in [3.8, 4) is 55.9 Å². The highest BCUT2D eigenvalue weighted by atomic mass is 79.9. The monoisotopic (exact) mass is 830 g/mol. The van der Waals surface area contributed by atoms with Crippen LogP contribution in [0.5, 0.6) is 0 Å². The molecular weight excluding hydrogens is 793 g/mol. The molecule has 2 nitrogen and oxygen atoms in total. The van der Waals surface area contributed by atoms with E-state index in [9.17, 15) is 0 Å². The van der Waals surface area contributed by atoms with Gasteiger partial charge in [-0.3, -0.25) is 0 Å². The summed E-state index contributed by atoms with van der Waals surface area (Å²) >= 11 is 3.68. The zero-order valence-electron chi connectivity index (χ0n) is 33.3. The van der Waals surface area contributed by atoms with E-state index in [0.717, 1.165) is 10.2 Å². The Hall–Kier alpha value is -6.94. The van der Waals surface area contributed by atoms with Crippen molar-refractivity contribution in [2.24, 2.45) is 0 Å². The molecule has 60 heavy (non-hydrogen) atoms. The van der Waals surface area contributed by atoms with Crippen molar-refractivity contribution >= 4 is 59.5 Å². The van der Waals surface area contributed by atoms with Crippen LogP contribution in [0.1, 0.15) is 25.0 Å². The van der Waals surface area contributed by atoms with Crippen molar-refractivity contribution in [3.05, 3.63) is 216 Å². The van der Waals surface area contributed by atoms with Crippen LogP contribution in [0.2, 0.25) is 0 Å². The molecule has 11 aromatic rings. The van der Waals surface area contributed by atoms with Crippen LogP contribution in [0.4, 0.5) is 0 Å². The van der Waals surface area contributed by atoms with E-state index in [1.165, 1.54) is 105 Å². The van der Waals surface area contributed by atoms with Crippen LogP contribution in [-0.4, -0.2) is 9.13 Å². The molecule has 0 spiro atoms. The van der Waals surface area contributed by atoms with Crippen molar-refractivity contribution in [1.82, 2.24) is 9.13 Å². The maximum Gasteiger partial charge on any atom is 0.0547 e.